The molecule has 0 fully saturated rings. The molecule has 0 atom stereocenters. The van der Waals surface area contributed by atoms with Crippen LogP contribution in [0.4, 0.5) is 10.8 Å². The Bertz CT molecular complexity index is 1120. The van der Waals surface area contributed by atoms with Gasteiger partial charge in [0, 0.05) is 29.7 Å². The average Bonchev–Trinajstić information content (AvgIpc) is 3.35. The van der Waals surface area contributed by atoms with Crippen molar-refractivity contribution in [3.8, 4) is 17.4 Å². The zero-order valence-corrected chi connectivity index (χ0v) is 16.3. The van der Waals surface area contributed by atoms with Gasteiger partial charge in [0.2, 0.25) is 5.13 Å². The summed E-state index contributed by atoms with van der Waals surface area (Å²) in [4.78, 5) is 22.6. The zero-order chi connectivity index (χ0) is 21.0. The predicted molar refractivity (Wildman–Crippen MR) is 107 cm³/mol. The molecule has 0 saturated carbocycles. The number of rotatable bonds is 6. The zero-order valence-electron chi connectivity index (χ0n) is 15.4. The third-order valence-electron chi connectivity index (χ3n) is 3.80. The minimum atomic E-state index is -0.618. The molecule has 0 aliphatic carbocycles. The molecule has 2 heterocycles. The van der Waals surface area contributed by atoms with Crippen LogP contribution in [0.5, 0.6) is 0 Å². The van der Waals surface area contributed by atoms with Gasteiger partial charge < -0.3 is 4.42 Å². The lowest BCUT2D eigenvalue weighted by atomic mass is 10.1. The summed E-state index contributed by atoms with van der Waals surface area (Å²) in [6.45, 7) is 3.93. The number of carbonyl (C=O) groups is 1. The molecule has 0 bridgehead atoms. The van der Waals surface area contributed by atoms with Crippen molar-refractivity contribution < 1.29 is 14.1 Å². The van der Waals surface area contributed by atoms with Gasteiger partial charge in [-0.25, -0.2) is 0 Å². The molecule has 1 N–H and O–H groups in total. The number of aromatic nitrogens is 2. The number of nitrogens with zero attached hydrogens (tertiary/aromatic N) is 4. The Morgan fingerprint density at radius 1 is 1.28 bits per heavy atom. The molecule has 0 spiro atoms. The van der Waals surface area contributed by atoms with Crippen molar-refractivity contribution >= 4 is 34.1 Å². The number of amides is 1. The number of nitrogens with one attached hydrogen (secondary N) is 1. The molecule has 0 unspecified atom stereocenters. The van der Waals surface area contributed by atoms with E-state index < -0.39 is 10.8 Å². The van der Waals surface area contributed by atoms with Crippen LogP contribution in [-0.4, -0.2) is 21.0 Å². The van der Waals surface area contributed by atoms with Crippen molar-refractivity contribution in [2.75, 3.05) is 5.32 Å². The summed E-state index contributed by atoms with van der Waals surface area (Å²) in [6, 6.07) is 11.0. The summed E-state index contributed by atoms with van der Waals surface area (Å²) < 4.78 is 5.64. The minimum Gasteiger partial charge on any atom is -0.457 e. The molecule has 0 aliphatic rings. The van der Waals surface area contributed by atoms with Crippen molar-refractivity contribution in [1.82, 2.24) is 10.2 Å². The van der Waals surface area contributed by atoms with Crippen molar-refractivity contribution in [3.63, 3.8) is 0 Å². The first-order valence-corrected chi connectivity index (χ1v) is 9.30. The van der Waals surface area contributed by atoms with Crippen LogP contribution < -0.4 is 5.32 Å². The Balaban J connectivity index is 1.76. The molecule has 0 aliphatic heterocycles. The van der Waals surface area contributed by atoms with Gasteiger partial charge in [-0.3, -0.25) is 20.2 Å². The van der Waals surface area contributed by atoms with E-state index in [1.807, 2.05) is 19.9 Å². The fourth-order valence-corrected chi connectivity index (χ4v) is 3.05. The van der Waals surface area contributed by atoms with E-state index in [-0.39, 0.29) is 17.2 Å². The van der Waals surface area contributed by atoms with Gasteiger partial charge in [-0.15, -0.1) is 10.2 Å². The molecule has 2 aromatic heterocycles. The number of hydrogen-bond donors (Lipinski definition) is 1. The standard InChI is InChI=1S/C19H15N5O4S/c1-11(2)18-22-23-19(29-18)21-17(25)13(10-20)9-15-7-8-16(28-15)12-3-5-14(6-4-12)24(26)27/h3-9,11H,1-2H3,(H,21,23,25)/b13-9-. The maximum absolute atomic E-state index is 12.3. The summed E-state index contributed by atoms with van der Waals surface area (Å²) in [7, 11) is 0. The summed E-state index contributed by atoms with van der Waals surface area (Å²) in [5, 5.41) is 31.6. The summed E-state index contributed by atoms with van der Waals surface area (Å²) in [5.74, 6) is 0.317. The monoisotopic (exact) mass is 409 g/mol. The van der Waals surface area contributed by atoms with E-state index in [2.05, 4.69) is 15.5 Å². The second-order valence-electron chi connectivity index (χ2n) is 6.23. The summed E-state index contributed by atoms with van der Waals surface area (Å²) in [5.41, 5.74) is 0.449. The first kappa shape index (κ1) is 19.9. The van der Waals surface area contributed by atoms with Crippen LogP contribution in [0.1, 0.15) is 30.5 Å². The van der Waals surface area contributed by atoms with Gasteiger partial charge >= 0.3 is 0 Å². The minimum absolute atomic E-state index is 0.0267. The quantitative estimate of drug-likeness (QED) is 0.276. The third kappa shape index (κ3) is 4.72. The molecule has 0 saturated heterocycles. The SMILES string of the molecule is CC(C)c1nnc(NC(=O)/C(C#N)=C\c2ccc(-c3ccc([N+](=O)[O-])cc3)o2)s1. The normalized spacial score (nSPS) is 11.3. The maximum atomic E-state index is 12.3. The molecule has 146 valence electrons. The first-order chi connectivity index (χ1) is 13.9. The van der Waals surface area contributed by atoms with Crippen LogP contribution in [0.15, 0.2) is 46.4 Å². The van der Waals surface area contributed by atoms with Crippen LogP contribution in [0.3, 0.4) is 0 Å². The van der Waals surface area contributed by atoms with E-state index in [1.165, 1.54) is 29.5 Å². The molecule has 29 heavy (non-hydrogen) atoms. The molecule has 1 amide bonds. The largest absolute Gasteiger partial charge is 0.457 e. The van der Waals surface area contributed by atoms with Gasteiger partial charge in [-0.05, 0) is 24.3 Å². The smallest absolute Gasteiger partial charge is 0.269 e. The average molecular weight is 409 g/mol. The van der Waals surface area contributed by atoms with E-state index in [0.717, 1.165) is 5.01 Å². The highest BCUT2D eigenvalue weighted by Crippen LogP contribution is 2.26. The first-order valence-electron chi connectivity index (χ1n) is 8.48. The number of nitro benzene ring substituents is 1. The molecule has 3 aromatic rings. The number of hydrogen-bond acceptors (Lipinski definition) is 8. The van der Waals surface area contributed by atoms with Crippen molar-refractivity contribution in [1.29, 1.82) is 5.26 Å². The van der Waals surface area contributed by atoms with Crippen molar-refractivity contribution in [3.05, 3.63) is 62.9 Å². The van der Waals surface area contributed by atoms with Gasteiger partial charge in [-0.2, -0.15) is 5.26 Å². The van der Waals surface area contributed by atoms with Crippen LogP contribution in [0.25, 0.3) is 17.4 Å². The molecule has 3 rings (SSSR count). The summed E-state index contributed by atoms with van der Waals surface area (Å²) in [6.07, 6.45) is 1.31. The van der Waals surface area contributed by atoms with Gasteiger partial charge in [0.05, 0.1) is 4.92 Å². The molecular formula is C19H15N5O4S. The number of carbonyl (C=O) groups excluding carboxylic acids is 1. The van der Waals surface area contributed by atoms with Crippen LogP contribution >= 0.6 is 11.3 Å². The van der Waals surface area contributed by atoms with Crippen LogP contribution in [0, 0.1) is 21.4 Å². The van der Waals surface area contributed by atoms with E-state index in [0.29, 0.717) is 22.2 Å². The van der Waals surface area contributed by atoms with Crippen molar-refractivity contribution in [2.45, 2.75) is 19.8 Å². The van der Waals surface area contributed by atoms with Crippen molar-refractivity contribution in [2.24, 2.45) is 0 Å². The number of non-ortho nitro benzene ring substituents is 1. The predicted octanol–water partition coefficient (Wildman–Crippen LogP) is 4.38. The lowest BCUT2D eigenvalue weighted by molar-refractivity contribution is -0.384. The van der Waals surface area contributed by atoms with E-state index in [1.54, 1.807) is 24.3 Å². The number of benzene rings is 1. The highest BCUT2D eigenvalue weighted by atomic mass is 32.1. The Kier molecular flexibility index (Phi) is 5.80. The second-order valence-corrected chi connectivity index (χ2v) is 7.24. The Hall–Kier alpha value is -3.84. The number of nitro groups is 1. The molecule has 1 aromatic carbocycles. The van der Waals surface area contributed by atoms with Crippen LogP contribution in [0.2, 0.25) is 0 Å². The van der Waals surface area contributed by atoms with Gasteiger partial charge in [0.15, 0.2) is 0 Å². The van der Waals surface area contributed by atoms with Gasteiger partial charge in [-0.1, -0.05) is 25.2 Å². The fraction of sp³-hybridized carbons (Fsp3) is 0.158. The third-order valence-corrected chi connectivity index (χ3v) is 4.94. The molecule has 9 nitrogen and oxygen atoms in total. The second kappa shape index (κ2) is 8.45. The highest BCUT2D eigenvalue weighted by Gasteiger charge is 2.15. The summed E-state index contributed by atoms with van der Waals surface area (Å²) >= 11 is 1.25. The van der Waals surface area contributed by atoms with E-state index >= 15 is 0 Å². The fourth-order valence-electron chi connectivity index (χ4n) is 2.31. The Labute approximate surface area is 169 Å². The Morgan fingerprint density at radius 3 is 2.59 bits per heavy atom. The number of nitriles is 1. The highest BCUT2D eigenvalue weighted by molar-refractivity contribution is 7.15. The van der Waals surface area contributed by atoms with E-state index in [4.69, 9.17) is 4.42 Å². The maximum Gasteiger partial charge on any atom is 0.269 e. The topological polar surface area (TPSA) is 135 Å². The molecular weight excluding hydrogens is 394 g/mol. The van der Waals surface area contributed by atoms with E-state index in [9.17, 15) is 20.2 Å². The van der Waals surface area contributed by atoms with Gasteiger partial charge in [0.25, 0.3) is 11.6 Å². The lowest BCUT2D eigenvalue weighted by Gasteiger charge is -1.99. The molecule has 0 radical (unpaired) electrons. The number of anilines is 1. The van der Waals surface area contributed by atoms with Gasteiger partial charge in [0.1, 0.15) is 28.2 Å². The Morgan fingerprint density at radius 2 is 2.00 bits per heavy atom. The molecule has 10 heteroatoms. The van der Waals surface area contributed by atoms with Crippen LogP contribution in [-0.2, 0) is 4.79 Å². The number of furan rings is 1. The lowest BCUT2D eigenvalue weighted by Crippen LogP contribution is -2.13.